The maximum absolute atomic E-state index is 12.4. The molecule has 1 aromatic carbocycles. The zero-order valence-electron chi connectivity index (χ0n) is 9.89. The van der Waals surface area contributed by atoms with Crippen LogP contribution in [-0.2, 0) is 6.18 Å². The molecule has 0 spiro atoms. The van der Waals surface area contributed by atoms with Gasteiger partial charge in [-0.3, -0.25) is 0 Å². The molecule has 0 saturated carbocycles. The number of halogens is 3. The van der Waals surface area contributed by atoms with Crippen LogP contribution in [0, 0.1) is 0 Å². The highest BCUT2D eigenvalue weighted by molar-refractivity contribution is 7.99. The van der Waals surface area contributed by atoms with Crippen LogP contribution in [0.15, 0.2) is 52.4 Å². The smallest absolute Gasteiger partial charge is 0.416 e. The maximum Gasteiger partial charge on any atom is 0.416 e. The van der Waals surface area contributed by atoms with Crippen LogP contribution in [0.1, 0.15) is 16.1 Å². The quantitative estimate of drug-likeness (QED) is 0.932. The summed E-state index contributed by atoms with van der Waals surface area (Å²) in [6.45, 7) is 0. The third-order valence-corrected chi connectivity index (χ3v) is 3.37. The molecule has 104 valence electrons. The Hall–Kier alpha value is -2.02. The number of aromatic carboxylic acids is 1. The third-order valence-electron chi connectivity index (χ3n) is 2.37. The van der Waals surface area contributed by atoms with Crippen molar-refractivity contribution < 1.29 is 23.1 Å². The number of rotatable bonds is 3. The topological polar surface area (TPSA) is 50.2 Å². The van der Waals surface area contributed by atoms with Crippen molar-refractivity contribution in [1.29, 1.82) is 0 Å². The van der Waals surface area contributed by atoms with E-state index in [-0.39, 0.29) is 5.69 Å². The Bertz CT molecular complexity index is 626. The lowest BCUT2D eigenvalue weighted by Crippen LogP contribution is -2.03. The molecule has 0 atom stereocenters. The summed E-state index contributed by atoms with van der Waals surface area (Å²) in [4.78, 5) is 15.6. The average Bonchev–Trinajstić information content (AvgIpc) is 2.38. The molecule has 2 rings (SSSR count). The molecule has 7 heteroatoms. The van der Waals surface area contributed by atoms with Crippen LogP contribution in [0.2, 0.25) is 0 Å². The lowest BCUT2D eigenvalue weighted by Gasteiger charge is -2.07. The molecule has 1 N–H and O–H groups in total. The molecule has 1 aromatic heterocycles. The van der Waals surface area contributed by atoms with Crippen molar-refractivity contribution in [3.05, 3.63) is 53.9 Å². The molecular formula is C13H8F3NO2S. The second kappa shape index (κ2) is 5.54. The van der Waals surface area contributed by atoms with Crippen molar-refractivity contribution in [3.63, 3.8) is 0 Å². The van der Waals surface area contributed by atoms with Crippen molar-refractivity contribution in [2.75, 3.05) is 0 Å². The Morgan fingerprint density at radius 3 is 2.30 bits per heavy atom. The van der Waals surface area contributed by atoms with Gasteiger partial charge in [0.05, 0.1) is 5.56 Å². The molecule has 3 nitrogen and oxygen atoms in total. The van der Waals surface area contributed by atoms with Gasteiger partial charge in [0.1, 0.15) is 5.69 Å². The van der Waals surface area contributed by atoms with Crippen molar-refractivity contribution in [1.82, 2.24) is 4.98 Å². The van der Waals surface area contributed by atoms with E-state index in [9.17, 15) is 18.0 Å². The second-order valence-electron chi connectivity index (χ2n) is 3.81. The van der Waals surface area contributed by atoms with Crippen LogP contribution < -0.4 is 0 Å². The lowest BCUT2D eigenvalue weighted by molar-refractivity contribution is -0.137. The molecule has 0 fully saturated rings. The van der Waals surface area contributed by atoms with Crippen molar-refractivity contribution >= 4 is 17.7 Å². The number of aromatic nitrogens is 1. The Morgan fingerprint density at radius 2 is 1.75 bits per heavy atom. The minimum atomic E-state index is -4.36. The van der Waals surface area contributed by atoms with Gasteiger partial charge in [0.15, 0.2) is 0 Å². The molecule has 0 bridgehead atoms. The largest absolute Gasteiger partial charge is 0.477 e. The minimum Gasteiger partial charge on any atom is -0.477 e. The first-order valence-corrected chi connectivity index (χ1v) is 6.22. The predicted molar refractivity (Wildman–Crippen MR) is 66.8 cm³/mol. The zero-order chi connectivity index (χ0) is 14.8. The van der Waals surface area contributed by atoms with Gasteiger partial charge in [0.25, 0.3) is 0 Å². The van der Waals surface area contributed by atoms with Gasteiger partial charge in [-0.05, 0) is 36.4 Å². The Balaban J connectivity index is 2.18. The van der Waals surface area contributed by atoms with Gasteiger partial charge in [-0.2, -0.15) is 13.2 Å². The van der Waals surface area contributed by atoms with E-state index in [1.165, 1.54) is 36.2 Å². The third kappa shape index (κ3) is 3.51. The van der Waals surface area contributed by atoms with Crippen molar-refractivity contribution in [3.8, 4) is 0 Å². The summed E-state index contributed by atoms with van der Waals surface area (Å²) < 4.78 is 37.2. The van der Waals surface area contributed by atoms with E-state index >= 15 is 0 Å². The van der Waals surface area contributed by atoms with Gasteiger partial charge < -0.3 is 5.11 Å². The van der Waals surface area contributed by atoms with Gasteiger partial charge in [0.2, 0.25) is 0 Å². The normalized spacial score (nSPS) is 11.3. The number of alkyl halides is 3. The summed E-state index contributed by atoms with van der Waals surface area (Å²) in [6.07, 6.45) is -3.02. The van der Waals surface area contributed by atoms with Crippen molar-refractivity contribution in [2.24, 2.45) is 0 Å². The first kappa shape index (κ1) is 14.4. The highest BCUT2D eigenvalue weighted by Gasteiger charge is 2.29. The van der Waals surface area contributed by atoms with E-state index in [0.717, 1.165) is 12.1 Å². The van der Waals surface area contributed by atoms with Gasteiger partial charge in [-0.25, -0.2) is 9.78 Å². The number of pyridine rings is 1. The molecular weight excluding hydrogens is 291 g/mol. The summed E-state index contributed by atoms with van der Waals surface area (Å²) in [5.74, 6) is -1.15. The molecule has 0 radical (unpaired) electrons. The van der Waals surface area contributed by atoms with Gasteiger partial charge in [0, 0.05) is 16.0 Å². The molecule has 20 heavy (non-hydrogen) atoms. The summed E-state index contributed by atoms with van der Waals surface area (Å²) in [7, 11) is 0. The van der Waals surface area contributed by atoms with Gasteiger partial charge >= 0.3 is 12.1 Å². The summed E-state index contributed by atoms with van der Waals surface area (Å²) >= 11 is 1.17. The number of hydrogen-bond acceptors (Lipinski definition) is 3. The number of carboxylic acid groups (broad SMARTS) is 1. The number of carboxylic acids is 1. The molecule has 0 amide bonds. The van der Waals surface area contributed by atoms with Crippen LogP contribution in [0.4, 0.5) is 13.2 Å². The predicted octanol–water partition coefficient (Wildman–Crippen LogP) is 3.95. The molecule has 0 aliphatic heterocycles. The first-order valence-electron chi connectivity index (χ1n) is 5.41. The number of carbonyl (C=O) groups is 1. The maximum atomic E-state index is 12.4. The number of benzene rings is 1. The van der Waals surface area contributed by atoms with Gasteiger partial charge in [-0.15, -0.1) is 0 Å². The van der Waals surface area contributed by atoms with Gasteiger partial charge in [-0.1, -0.05) is 11.8 Å². The molecule has 0 unspecified atom stereocenters. The molecule has 2 aromatic rings. The average molecular weight is 299 g/mol. The van der Waals surface area contributed by atoms with E-state index in [0.29, 0.717) is 9.79 Å². The minimum absolute atomic E-state index is 0.109. The van der Waals surface area contributed by atoms with E-state index in [1.807, 2.05) is 0 Å². The highest BCUT2D eigenvalue weighted by Crippen LogP contribution is 2.33. The SMILES string of the molecule is O=C(O)c1cc(Sc2ccc(C(F)(F)F)cc2)ccn1. The monoisotopic (exact) mass is 299 g/mol. The summed E-state index contributed by atoms with van der Waals surface area (Å²) in [6, 6.07) is 7.62. The first-order chi connectivity index (χ1) is 9.36. The number of hydrogen-bond donors (Lipinski definition) is 1. The van der Waals surface area contributed by atoms with Crippen LogP contribution in [0.3, 0.4) is 0 Å². The standard InChI is InChI=1S/C13H8F3NO2S/c14-13(15,16)8-1-3-9(4-2-8)20-10-5-6-17-11(7-10)12(18)19/h1-7H,(H,18,19). The summed E-state index contributed by atoms with van der Waals surface area (Å²) in [5, 5.41) is 8.80. The Morgan fingerprint density at radius 1 is 1.10 bits per heavy atom. The second-order valence-corrected chi connectivity index (χ2v) is 4.95. The van der Waals surface area contributed by atoms with E-state index in [4.69, 9.17) is 5.11 Å². The van der Waals surface area contributed by atoms with Crippen LogP contribution in [0.25, 0.3) is 0 Å². The van der Waals surface area contributed by atoms with E-state index in [2.05, 4.69) is 4.98 Å². The molecule has 1 heterocycles. The fourth-order valence-corrected chi connectivity index (χ4v) is 2.28. The molecule has 0 aliphatic rings. The fourth-order valence-electron chi connectivity index (χ4n) is 1.44. The van der Waals surface area contributed by atoms with E-state index in [1.54, 1.807) is 6.07 Å². The van der Waals surface area contributed by atoms with Crippen LogP contribution in [-0.4, -0.2) is 16.1 Å². The Labute approximate surface area is 116 Å². The molecule has 0 aliphatic carbocycles. The lowest BCUT2D eigenvalue weighted by atomic mass is 10.2. The van der Waals surface area contributed by atoms with E-state index < -0.39 is 17.7 Å². The number of nitrogens with zero attached hydrogens (tertiary/aromatic N) is 1. The molecule has 0 saturated heterocycles. The fraction of sp³-hybridized carbons (Fsp3) is 0.0769. The van der Waals surface area contributed by atoms with Crippen LogP contribution in [0.5, 0.6) is 0 Å². The van der Waals surface area contributed by atoms with Crippen molar-refractivity contribution in [2.45, 2.75) is 16.0 Å². The zero-order valence-corrected chi connectivity index (χ0v) is 10.7. The summed E-state index contributed by atoms with van der Waals surface area (Å²) in [5.41, 5.74) is -0.829. The Kier molecular flexibility index (Phi) is 3.99. The highest BCUT2D eigenvalue weighted by atomic mass is 32.2. The van der Waals surface area contributed by atoms with Crippen LogP contribution >= 0.6 is 11.8 Å².